The monoisotopic (exact) mass is 357 g/mol. The zero-order chi connectivity index (χ0) is 13.1. The first-order valence-electron chi connectivity index (χ1n) is 5.18. The molecule has 0 aliphatic heterocycles. The molecule has 0 aromatic carbocycles. The van der Waals surface area contributed by atoms with Gasteiger partial charge in [0.1, 0.15) is 0 Å². The van der Waals surface area contributed by atoms with Crippen molar-refractivity contribution in [2.75, 3.05) is 11.8 Å². The molecule has 0 fully saturated rings. The minimum absolute atomic E-state index is 0.119. The normalized spacial score (nSPS) is 11.6. The molecule has 17 heavy (non-hydrogen) atoms. The van der Waals surface area contributed by atoms with Crippen molar-refractivity contribution >= 4 is 56.4 Å². The first-order chi connectivity index (χ1) is 7.98. The Morgan fingerprint density at radius 2 is 2.12 bits per heavy atom. The second kappa shape index (κ2) is 6.41. The molecule has 1 aromatic heterocycles. The number of carbonyl (C=O) groups excluding carboxylic acids is 1. The molecule has 0 bridgehead atoms. The summed E-state index contributed by atoms with van der Waals surface area (Å²) >= 11 is 16.6. The van der Waals surface area contributed by atoms with Crippen LogP contribution in [0.15, 0.2) is 9.85 Å². The van der Waals surface area contributed by atoms with Gasteiger partial charge in [0.25, 0.3) is 5.91 Å². The Morgan fingerprint density at radius 3 is 2.47 bits per heavy atom. The lowest BCUT2D eigenvalue weighted by Crippen LogP contribution is -2.51. The number of carbonyl (C=O) groups is 1. The van der Waals surface area contributed by atoms with Gasteiger partial charge in [0.05, 0.1) is 14.2 Å². The Labute approximate surface area is 124 Å². The maximum atomic E-state index is 12.1. The SMILES string of the molecule is CCC(CCl)(CCl)NC(=O)c1cc(C)c(Br)s1. The van der Waals surface area contributed by atoms with E-state index in [4.69, 9.17) is 23.2 Å². The molecule has 0 saturated carbocycles. The van der Waals surface area contributed by atoms with Crippen molar-refractivity contribution in [1.82, 2.24) is 5.32 Å². The average molecular weight is 359 g/mol. The molecule has 0 atom stereocenters. The number of thiophene rings is 1. The molecular weight excluding hydrogens is 345 g/mol. The first kappa shape index (κ1) is 15.3. The third kappa shape index (κ3) is 3.60. The van der Waals surface area contributed by atoms with Crippen LogP contribution in [0.5, 0.6) is 0 Å². The summed E-state index contributed by atoms with van der Waals surface area (Å²) in [7, 11) is 0. The molecule has 96 valence electrons. The first-order valence-corrected chi connectivity index (χ1v) is 7.86. The zero-order valence-corrected chi connectivity index (χ0v) is 13.6. The third-order valence-electron chi connectivity index (χ3n) is 2.65. The lowest BCUT2D eigenvalue weighted by molar-refractivity contribution is 0.0917. The Hall–Kier alpha value is 0.230. The van der Waals surface area contributed by atoms with Gasteiger partial charge in [-0.05, 0) is 40.9 Å². The van der Waals surface area contributed by atoms with Gasteiger partial charge in [0, 0.05) is 11.8 Å². The van der Waals surface area contributed by atoms with E-state index in [2.05, 4.69) is 21.2 Å². The number of nitrogens with one attached hydrogen (secondary N) is 1. The van der Waals surface area contributed by atoms with Gasteiger partial charge in [0.2, 0.25) is 0 Å². The van der Waals surface area contributed by atoms with Gasteiger partial charge in [-0.2, -0.15) is 0 Å². The van der Waals surface area contributed by atoms with Crippen LogP contribution in [0, 0.1) is 6.92 Å². The topological polar surface area (TPSA) is 29.1 Å². The Kier molecular flexibility index (Phi) is 5.77. The van der Waals surface area contributed by atoms with Gasteiger partial charge in [-0.15, -0.1) is 34.5 Å². The van der Waals surface area contributed by atoms with E-state index in [1.165, 1.54) is 11.3 Å². The van der Waals surface area contributed by atoms with Gasteiger partial charge in [-0.3, -0.25) is 4.79 Å². The van der Waals surface area contributed by atoms with Crippen molar-refractivity contribution in [2.24, 2.45) is 0 Å². The number of hydrogen-bond donors (Lipinski definition) is 1. The molecule has 0 aliphatic carbocycles. The van der Waals surface area contributed by atoms with E-state index in [0.717, 1.165) is 9.35 Å². The Bertz CT molecular complexity index is 376. The minimum atomic E-state index is -0.523. The summed E-state index contributed by atoms with van der Waals surface area (Å²) in [6.45, 7) is 3.91. The van der Waals surface area contributed by atoms with E-state index < -0.39 is 5.54 Å². The fourth-order valence-corrected chi connectivity index (χ4v) is 3.48. The van der Waals surface area contributed by atoms with Crippen molar-refractivity contribution in [2.45, 2.75) is 25.8 Å². The summed E-state index contributed by atoms with van der Waals surface area (Å²) in [5, 5.41) is 2.92. The van der Waals surface area contributed by atoms with Crippen molar-refractivity contribution in [3.8, 4) is 0 Å². The maximum Gasteiger partial charge on any atom is 0.261 e. The molecule has 0 saturated heterocycles. The van der Waals surface area contributed by atoms with Crippen molar-refractivity contribution in [3.63, 3.8) is 0 Å². The molecule has 1 heterocycles. The Morgan fingerprint density at radius 1 is 1.53 bits per heavy atom. The predicted octanol–water partition coefficient (Wildman–Crippen LogP) is 4.18. The zero-order valence-electron chi connectivity index (χ0n) is 9.65. The summed E-state index contributed by atoms with van der Waals surface area (Å²) in [6.07, 6.45) is 0.706. The highest BCUT2D eigenvalue weighted by Crippen LogP contribution is 2.28. The van der Waals surface area contributed by atoms with Crippen molar-refractivity contribution in [1.29, 1.82) is 0 Å². The Balaban J connectivity index is 2.84. The summed E-state index contributed by atoms with van der Waals surface area (Å²) in [5.74, 6) is 0.501. The lowest BCUT2D eigenvalue weighted by Gasteiger charge is -2.29. The molecule has 1 N–H and O–H groups in total. The number of halogens is 3. The van der Waals surface area contributed by atoms with Crippen molar-refractivity contribution < 1.29 is 4.79 Å². The molecule has 0 unspecified atom stereocenters. The standard InChI is InChI=1S/C11H14BrCl2NOS/c1-3-11(5-13,6-14)15-10(16)8-4-7(2)9(12)17-8/h4H,3,5-6H2,1-2H3,(H,15,16). The molecule has 0 aliphatic rings. The highest BCUT2D eigenvalue weighted by Gasteiger charge is 2.29. The fourth-order valence-electron chi connectivity index (χ4n) is 1.25. The fraction of sp³-hybridized carbons (Fsp3) is 0.545. The van der Waals surface area contributed by atoms with Crippen molar-refractivity contribution in [3.05, 3.63) is 20.3 Å². The molecular formula is C11H14BrCl2NOS. The smallest absolute Gasteiger partial charge is 0.261 e. The van der Waals surface area contributed by atoms with E-state index in [-0.39, 0.29) is 5.91 Å². The third-order valence-corrected chi connectivity index (χ3v) is 5.81. The number of amides is 1. The quantitative estimate of drug-likeness (QED) is 0.786. The van der Waals surface area contributed by atoms with E-state index in [0.29, 0.717) is 23.1 Å². The summed E-state index contributed by atoms with van der Waals surface area (Å²) < 4.78 is 0.974. The van der Waals surface area contributed by atoms with Crippen LogP contribution in [0.25, 0.3) is 0 Å². The highest BCUT2D eigenvalue weighted by molar-refractivity contribution is 9.11. The molecule has 2 nitrogen and oxygen atoms in total. The largest absolute Gasteiger partial charge is 0.344 e. The maximum absolute atomic E-state index is 12.1. The van der Waals surface area contributed by atoms with E-state index in [1.807, 2.05) is 19.9 Å². The number of alkyl halides is 2. The van der Waals surface area contributed by atoms with Crippen LogP contribution in [0.4, 0.5) is 0 Å². The highest BCUT2D eigenvalue weighted by atomic mass is 79.9. The van der Waals surface area contributed by atoms with Crippen LogP contribution < -0.4 is 5.32 Å². The van der Waals surface area contributed by atoms with Crippen LogP contribution >= 0.6 is 50.5 Å². The summed E-state index contributed by atoms with van der Waals surface area (Å²) in [5.41, 5.74) is 0.531. The lowest BCUT2D eigenvalue weighted by atomic mass is 10.0. The average Bonchev–Trinajstić information content (AvgIpc) is 2.67. The van der Waals surface area contributed by atoms with Crippen LogP contribution in [0.1, 0.15) is 28.6 Å². The number of hydrogen-bond acceptors (Lipinski definition) is 2. The predicted molar refractivity (Wildman–Crippen MR) is 78.7 cm³/mol. The van der Waals surface area contributed by atoms with Gasteiger partial charge < -0.3 is 5.32 Å². The van der Waals surface area contributed by atoms with E-state index in [1.54, 1.807) is 0 Å². The van der Waals surface area contributed by atoms with Crippen LogP contribution in [0.2, 0.25) is 0 Å². The summed E-state index contributed by atoms with van der Waals surface area (Å²) in [4.78, 5) is 12.7. The molecule has 1 amide bonds. The second-order valence-corrected chi connectivity index (χ2v) is 6.83. The summed E-state index contributed by atoms with van der Waals surface area (Å²) in [6, 6.07) is 1.85. The van der Waals surface area contributed by atoms with Gasteiger partial charge in [0.15, 0.2) is 0 Å². The second-order valence-electron chi connectivity index (χ2n) is 3.92. The van der Waals surface area contributed by atoms with Crippen LogP contribution in [-0.4, -0.2) is 23.2 Å². The van der Waals surface area contributed by atoms with Crippen LogP contribution in [-0.2, 0) is 0 Å². The number of rotatable bonds is 5. The van der Waals surface area contributed by atoms with E-state index in [9.17, 15) is 4.79 Å². The molecule has 0 radical (unpaired) electrons. The van der Waals surface area contributed by atoms with Gasteiger partial charge in [-0.25, -0.2) is 0 Å². The molecule has 0 spiro atoms. The van der Waals surface area contributed by atoms with Gasteiger partial charge in [-0.1, -0.05) is 6.92 Å². The number of aryl methyl sites for hydroxylation is 1. The van der Waals surface area contributed by atoms with E-state index >= 15 is 0 Å². The molecule has 6 heteroatoms. The van der Waals surface area contributed by atoms with Crippen LogP contribution in [0.3, 0.4) is 0 Å². The molecule has 1 rings (SSSR count). The molecule has 1 aromatic rings. The van der Waals surface area contributed by atoms with Gasteiger partial charge >= 0.3 is 0 Å². The minimum Gasteiger partial charge on any atom is -0.344 e.